The van der Waals surface area contributed by atoms with Gasteiger partial charge < -0.3 is 42.4 Å². The summed E-state index contributed by atoms with van der Waals surface area (Å²) in [7, 11) is 8.15. The lowest BCUT2D eigenvalue weighted by atomic mass is 9.55. The summed E-state index contributed by atoms with van der Waals surface area (Å²) >= 11 is 0. The standard InChI is InChI=1S/C74H106F6N3O8PS2/c1-9-42-71(73(75,76)77,74(78,79)80)88-48-23-47-87-69-40-39-68-67-37-27-58-53-64(36-38-65(58)66(67)41-43-70(68,69)5)86-50-46-82(6)45-19-12-14-21-52-94-93-51-20-13-11-16-24-57(55-91-92(90-49-22-44-81)83(10-2)56(3)4)54-89-72(59-25-17-15-18-26-59,60-28-32-62(84-7)33-29-60)61-30-34-63(85-8)35-31-61/h15,17-18,25-26,28-36,38,53,56-57,66-69H,9-14,16,19-24,27,37,39-43,45-52,54-55H2,1-8H3. The van der Waals surface area contributed by atoms with Crippen LogP contribution < -0.4 is 14.2 Å². The summed E-state index contributed by atoms with van der Waals surface area (Å²) in [4.78, 5) is 2.37. The van der Waals surface area contributed by atoms with E-state index >= 15 is 0 Å². The maximum atomic E-state index is 13.7. The van der Waals surface area contributed by atoms with Crippen LogP contribution >= 0.6 is 30.1 Å². The fourth-order valence-electron chi connectivity index (χ4n) is 14.6. The molecular formula is C74H106F6N3O8PS2. The van der Waals surface area contributed by atoms with Crippen LogP contribution in [-0.4, -0.2) is 132 Å². The van der Waals surface area contributed by atoms with E-state index in [0.29, 0.717) is 50.6 Å². The van der Waals surface area contributed by atoms with Crippen molar-refractivity contribution in [2.75, 3.05) is 92.0 Å². The number of benzene rings is 4. The summed E-state index contributed by atoms with van der Waals surface area (Å²) in [5, 5.41) is 9.35. The molecule has 20 heteroatoms. The fraction of sp³-hybridized carbons (Fsp3) is 0.662. The molecule has 4 aromatic carbocycles. The van der Waals surface area contributed by atoms with Crippen molar-refractivity contribution in [2.24, 2.45) is 23.2 Å². The normalized spacial score (nSPS) is 19.8. The van der Waals surface area contributed by atoms with E-state index in [0.717, 1.165) is 117 Å². The number of hydrogen-bond acceptors (Lipinski definition) is 13. The van der Waals surface area contributed by atoms with Gasteiger partial charge in [-0.3, -0.25) is 0 Å². The molecule has 0 spiro atoms. The zero-order valence-corrected chi connectivity index (χ0v) is 59.6. The minimum atomic E-state index is -5.56. The third kappa shape index (κ3) is 20.9. The highest BCUT2D eigenvalue weighted by Crippen LogP contribution is 2.62. The molecule has 3 aliphatic carbocycles. The summed E-state index contributed by atoms with van der Waals surface area (Å²) in [6, 6.07) is 35.8. The first-order valence-electron chi connectivity index (χ1n) is 34.5. The van der Waals surface area contributed by atoms with Crippen molar-refractivity contribution in [3.63, 3.8) is 0 Å². The Hall–Kier alpha value is -3.80. The van der Waals surface area contributed by atoms with Gasteiger partial charge in [0, 0.05) is 43.2 Å². The predicted molar refractivity (Wildman–Crippen MR) is 369 cm³/mol. The highest BCUT2D eigenvalue weighted by atomic mass is 33.1. The zero-order chi connectivity index (χ0) is 67.6. The van der Waals surface area contributed by atoms with E-state index in [2.05, 4.69) is 122 Å². The lowest BCUT2D eigenvalue weighted by molar-refractivity contribution is -0.383. The van der Waals surface area contributed by atoms with E-state index in [1.807, 2.05) is 51.9 Å². The van der Waals surface area contributed by atoms with Crippen molar-refractivity contribution in [2.45, 2.75) is 198 Å². The van der Waals surface area contributed by atoms with Gasteiger partial charge in [0.15, 0.2) is 0 Å². The second-order valence-electron chi connectivity index (χ2n) is 26.3. The van der Waals surface area contributed by atoms with E-state index in [9.17, 15) is 31.6 Å². The number of aryl methyl sites for hydroxylation is 1. The number of fused-ring (bicyclic) bond motifs is 5. The maximum absolute atomic E-state index is 13.7. The van der Waals surface area contributed by atoms with Gasteiger partial charge >= 0.3 is 12.4 Å². The number of rotatable bonds is 44. The first kappa shape index (κ1) is 77.6. The number of likely N-dealkylation sites (N-methyl/N-ethyl adjacent to an activating group) is 1. The Morgan fingerprint density at radius 1 is 0.670 bits per heavy atom. The molecule has 3 aliphatic rings. The van der Waals surface area contributed by atoms with Crippen LogP contribution in [-0.2, 0) is 35.3 Å². The zero-order valence-electron chi connectivity index (χ0n) is 57.1. The van der Waals surface area contributed by atoms with Gasteiger partial charge in [-0.2, -0.15) is 31.6 Å². The first-order valence-corrected chi connectivity index (χ1v) is 38.2. The van der Waals surface area contributed by atoms with Crippen LogP contribution in [0, 0.1) is 34.5 Å². The average molecular weight is 1370 g/mol. The van der Waals surface area contributed by atoms with Gasteiger partial charge in [-0.05, 0) is 192 Å². The summed E-state index contributed by atoms with van der Waals surface area (Å²) < 4.78 is 134. The molecule has 0 aromatic heterocycles. The number of nitrogens with zero attached hydrogens (tertiary/aromatic N) is 3. The second kappa shape index (κ2) is 38.5. The van der Waals surface area contributed by atoms with Crippen molar-refractivity contribution in [3.8, 4) is 23.3 Å². The van der Waals surface area contributed by atoms with Crippen LogP contribution in [0.4, 0.5) is 26.3 Å². The number of hydrogen-bond donors (Lipinski definition) is 0. The molecule has 0 amide bonds. The average Bonchev–Trinajstić information content (AvgIpc) is 1.48. The molecule has 2 saturated carbocycles. The van der Waals surface area contributed by atoms with Gasteiger partial charge in [-0.15, -0.1) is 0 Å². The lowest BCUT2D eigenvalue weighted by Crippen LogP contribution is -2.58. The van der Waals surface area contributed by atoms with Crippen LogP contribution in [0.2, 0.25) is 0 Å². The van der Waals surface area contributed by atoms with Crippen molar-refractivity contribution in [1.29, 1.82) is 5.26 Å². The number of alkyl halides is 6. The van der Waals surface area contributed by atoms with E-state index in [1.165, 1.54) is 62.3 Å². The van der Waals surface area contributed by atoms with Crippen LogP contribution in [0.3, 0.4) is 0 Å². The Morgan fingerprint density at radius 3 is 1.90 bits per heavy atom. The number of halogens is 6. The lowest BCUT2D eigenvalue weighted by Gasteiger charge is -2.50. The third-order valence-electron chi connectivity index (χ3n) is 19.7. The summed E-state index contributed by atoms with van der Waals surface area (Å²) in [5.74, 6) is 6.24. The molecular weight excluding hydrogens is 1270 g/mol. The quantitative estimate of drug-likeness (QED) is 0.0138. The molecule has 4 aromatic rings. The molecule has 0 heterocycles. The molecule has 7 unspecified atom stereocenters. The summed E-state index contributed by atoms with van der Waals surface area (Å²) in [6.07, 6.45) is 3.77. The molecule has 0 saturated heterocycles. The topological polar surface area (TPSA) is 104 Å². The van der Waals surface area contributed by atoms with Crippen molar-refractivity contribution in [3.05, 3.63) is 125 Å². The SMILES string of the molecule is CCCC(OCCCOC1CCC2C3CCc4cc(OCCN(C)CCCCCCSSCCCCCCC(COP(OCCC#N)N(CC)C(C)C)COC(c5ccccc5)(c5ccc(OC)cc5)c5ccc(OC)cc5)ccc4C3CCC12C)(C(F)(F)F)C(F)(F)F. The van der Waals surface area contributed by atoms with Gasteiger partial charge in [-0.25, -0.2) is 4.67 Å². The number of ether oxygens (including phenoxy) is 6. The number of nitriles is 1. The van der Waals surface area contributed by atoms with Crippen LogP contribution in [0.5, 0.6) is 17.2 Å². The summed E-state index contributed by atoms with van der Waals surface area (Å²) in [5.41, 5.74) is 0.583. The van der Waals surface area contributed by atoms with Gasteiger partial charge in [0.05, 0.1) is 59.2 Å². The molecule has 0 aliphatic heterocycles. The Balaban J connectivity index is 0.783. The Morgan fingerprint density at radius 2 is 1.30 bits per heavy atom. The van der Waals surface area contributed by atoms with Gasteiger partial charge in [0.25, 0.3) is 14.1 Å². The number of unbranched alkanes of at least 4 members (excludes halogenated alkanes) is 6. The maximum Gasteiger partial charge on any atom is 0.426 e. The molecule has 0 N–H and O–H groups in total. The molecule has 7 atom stereocenters. The van der Waals surface area contributed by atoms with Crippen molar-refractivity contribution >= 4 is 30.1 Å². The van der Waals surface area contributed by atoms with Crippen molar-refractivity contribution in [1.82, 2.24) is 9.57 Å². The second-order valence-corrected chi connectivity index (χ2v) is 30.5. The van der Waals surface area contributed by atoms with Crippen LogP contribution in [0.25, 0.3) is 0 Å². The molecule has 7 rings (SSSR count). The molecule has 2 fully saturated rings. The van der Waals surface area contributed by atoms with Gasteiger partial charge in [-0.1, -0.05) is 142 Å². The first-order chi connectivity index (χ1) is 45.3. The minimum Gasteiger partial charge on any atom is -0.497 e. The van der Waals surface area contributed by atoms with Gasteiger partial charge in [0.1, 0.15) is 29.5 Å². The Labute approximate surface area is 567 Å². The molecule has 94 heavy (non-hydrogen) atoms. The highest BCUT2D eigenvalue weighted by molar-refractivity contribution is 8.76. The fourth-order valence-corrected chi connectivity index (χ4v) is 18.4. The van der Waals surface area contributed by atoms with Gasteiger partial charge in [0.2, 0.25) is 0 Å². The number of methoxy groups -OCH3 is 2. The third-order valence-corrected chi connectivity index (χ3v) is 24.2. The van der Waals surface area contributed by atoms with Crippen molar-refractivity contribution < 1.29 is 63.8 Å². The molecule has 0 radical (unpaired) electrons. The molecule has 11 nitrogen and oxygen atoms in total. The van der Waals surface area contributed by atoms with E-state index in [-0.39, 0.29) is 42.9 Å². The molecule has 524 valence electrons. The smallest absolute Gasteiger partial charge is 0.426 e. The Bertz CT molecular complexity index is 2780. The monoisotopic (exact) mass is 1370 g/mol. The van der Waals surface area contributed by atoms with Crippen LogP contribution in [0.15, 0.2) is 97.1 Å². The van der Waals surface area contributed by atoms with Crippen LogP contribution in [0.1, 0.15) is 184 Å². The highest BCUT2D eigenvalue weighted by Gasteiger charge is 2.71. The van der Waals surface area contributed by atoms with E-state index < -0.39 is 45.1 Å². The summed E-state index contributed by atoms with van der Waals surface area (Å²) in [6.45, 7) is 13.9. The van der Waals surface area contributed by atoms with E-state index in [4.69, 9.17) is 32.7 Å². The molecule has 0 bridgehead atoms. The predicted octanol–water partition coefficient (Wildman–Crippen LogP) is 19.7. The largest absolute Gasteiger partial charge is 0.497 e. The van der Waals surface area contributed by atoms with E-state index in [1.54, 1.807) is 14.2 Å². The minimum absolute atomic E-state index is 0.0384. The Kier molecular flexibility index (Phi) is 31.8.